The summed E-state index contributed by atoms with van der Waals surface area (Å²) in [5.41, 5.74) is 0. The average Bonchev–Trinajstić information content (AvgIpc) is 2.77. The van der Waals surface area contributed by atoms with Crippen LogP contribution >= 0.6 is 11.8 Å². The van der Waals surface area contributed by atoms with E-state index in [2.05, 4.69) is 28.7 Å². The third-order valence-corrected chi connectivity index (χ3v) is 3.86. The Morgan fingerprint density at radius 2 is 2.29 bits per heavy atom. The molecule has 0 spiro atoms. The Morgan fingerprint density at radius 3 is 3.06 bits per heavy atom. The molecule has 94 valence electrons. The topological polar surface area (TPSA) is 43.5 Å². The van der Waals surface area contributed by atoms with E-state index in [1.54, 1.807) is 0 Å². The second-order valence-corrected chi connectivity index (χ2v) is 5.30. The van der Waals surface area contributed by atoms with Gasteiger partial charge in [0.25, 0.3) is 5.82 Å². The van der Waals surface area contributed by atoms with Crippen molar-refractivity contribution in [3.8, 4) is 6.07 Å². The van der Waals surface area contributed by atoms with E-state index < -0.39 is 0 Å². The molecule has 17 heavy (non-hydrogen) atoms. The van der Waals surface area contributed by atoms with Crippen LogP contribution in [0.25, 0.3) is 0 Å². The van der Waals surface area contributed by atoms with Crippen LogP contribution in [0.3, 0.4) is 0 Å². The first-order valence-electron chi connectivity index (χ1n) is 6.39. The number of aromatic nitrogens is 2. The molecule has 0 atom stereocenters. The van der Waals surface area contributed by atoms with E-state index >= 15 is 0 Å². The number of aromatic amines is 1. The fourth-order valence-electron chi connectivity index (χ4n) is 1.74. The molecule has 4 heteroatoms. The van der Waals surface area contributed by atoms with E-state index in [0.717, 1.165) is 19.4 Å². The molecule has 1 rings (SSSR count). The summed E-state index contributed by atoms with van der Waals surface area (Å²) in [6.45, 7) is 3.31. The lowest BCUT2D eigenvalue weighted by Gasteiger charge is -2.01. The molecule has 1 aromatic rings. The van der Waals surface area contributed by atoms with Crippen LogP contribution in [0.5, 0.6) is 0 Å². The van der Waals surface area contributed by atoms with Gasteiger partial charge in [-0.15, -0.1) is 0 Å². The van der Waals surface area contributed by atoms with E-state index in [9.17, 15) is 0 Å². The van der Waals surface area contributed by atoms with E-state index in [0.29, 0.717) is 6.42 Å². The maximum atomic E-state index is 8.52. The number of unbranched alkanes of at least 4 members (excludes halogenated alkanes) is 1. The van der Waals surface area contributed by atoms with Crippen LogP contribution in [0.4, 0.5) is 0 Å². The molecule has 0 radical (unpaired) electrons. The van der Waals surface area contributed by atoms with Gasteiger partial charge in [-0.2, -0.15) is 17.0 Å². The van der Waals surface area contributed by atoms with Gasteiger partial charge in [-0.05, 0) is 30.8 Å². The quantitative estimate of drug-likeness (QED) is 0.542. The minimum atomic E-state index is 0.644. The lowest BCUT2D eigenvalue weighted by molar-refractivity contribution is -0.702. The number of thioether (sulfide) groups is 1. The van der Waals surface area contributed by atoms with Gasteiger partial charge in [0.1, 0.15) is 12.4 Å². The van der Waals surface area contributed by atoms with Crippen molar-refractivity contribution in [2.24, 2.45) is 0 Å². The van der Waals surface area contributed by atoms with E-state index in [-0.39, 0.29) is 0 Å². The summed E-state index contributed by atoms with van der Waals surface area (Å²) < 4.78 is 2.28. The Morgan fingerprint density at radius 1 is 1.41 bits per heavy atom. The number of nitrogens with one attached hydrogen (secondary N) is 1. The largest absolute Gasteiger partial charge is 0.254 e. The van der Waals surface area contributed by atoms with Crippen LogP contribution in [0, 0.1) is 11.3 Å². The van der Waals surface area contributed by atoms with Gasteiger partial charge in [0.15, 0.2) is 0 Å². The monoisotopic (exact) mass is 252 g/mol. The molecule has 0 aliphatic carbocycles. The molecule has 1 N–H and O–H groups in total. The Bertz CT molecular complexity index is 341. The first-order valence-corrected chi connectivity index (χ1v) is 7.54. The molecule has 0 unspecified atom stereocenters. The molecule has 0 aliphatic heterocycles. The minimum absolute atomic E-state index is 0.644. The van der Waals surface area contributed by atoms with Gasteiger partial charge < -0.3 is 0 Å². The predicted octanol–water partition coefficient (Wildman–Crippen LogP) is 2.68. The lowest BCUT2D eigenvalue weighted by atomic mass is 10.2. The number of hydrogen-bond acceptors (Lipinski definition) is 2. The zero-order chi connectivity index (χ0) is 12.3. The number of aryl methyl sites for hydroxylation is 2. The van der Waals surface area contributed by atoms with E-state index in [1.807, 2.05) is 18.0 Å². The fraction of sp³-hybridized carbons (Fsp3) is 0.692. The summed E-state index contributed by atoms with van der Waals surface area (Å²) in [6, 6.07) is 2.19. The van der Waals surface area contributed by atoms with Gasteiger partial charge in [-0.25, -0.2) is 9.55 Å². The zero-order valence-corrected chi connectivity index (χ0v) is 11.4. The highest BCUT2D eigenvalue weighted by Crippen LogP contribution is 2.04. The number of imidazole rings is 1. The Hall–Kier alpha value is -0.950. The molecule has 0 amide bonds. The third-order valence-electron chi connectivity index (χ3n) is 2.59. The molecule has 0 bridgehead atoms. The average molecular weight is 252 g/mol. The predicted molar refractivity (Wildman–Crippen MR) is 71.8 cm³/mol. The van der Waals surface area contributed by atoms with Crippen LogP contribution < -0.4 is 4.57 Å². The van der Waals surface area contributed by atoms with Crippen molar-refractivity contribution >= 4 is 11.8 Å². The van der Waals surface area contributed by atoms with Gasteiger partial charge in [0.05, 0.1) is 19.0 Å². The van der Waals surface area contributed by atoms with Gasteiger partial charge in [-0.3, -0.25) is 0 Å². The van der Waals surface area contributed by atoms with Crippen LogP contribution in [-0.4, -0.2) is 16.5 Å². The zero-order valence-electron chi connectivity index (χ0n) is 10.6. The van der Waals surface area contributed by atoms with Crippen molar-refractivity contribution in [1.82, 2.24) is 4.98 Å². The molecule has 3 nitrogen and oxygen atoms in total. The Labute approximate surface area is 108 Å². The van der Waals surface area contributed by atoms with Gasteiger partial charge in [0, 0.05) is 6.42 Å². The summed E-state index contributed by atoms with van der Waals surface area (Å²) in [4.78, 5) is 3.26. The summed E-state index contributed by atoms with van der Waals surface area (Å²) in [5, 5.41) is 8.52. The molecule has 1 heterocycles. The minimum Gasteiger partial charge on any atom is -0.248 e. The standard InChI is InChI=1S/C13H21N3S/c1-2-11-17-12-5-9-16-10-8-15-13(16)6-3-4-7-14/h8,10H,2-6,9,11-12H2,1H3/p+1. The molecule has 0 fully saturated rings. The molecule has 0 saturated heterocycles. The Balaban J connectivity index is 2.23. The normalized spacial score (nSPS) is 10.4. The van der Waals surface area contributed by atoms with Gasteiger partial charge in [0.2, 0.25) is 0 Å². The first kappa shape index (κ1) is 14.1. The summed E-state index contributed by atoms with van der Waals surface area (Å²) in [7, 11) is 0. The second-order valence-electron chi connectivity index (χ2n) is 4.08. The highest BCUT2D eigenvalue weighted by atomic mass is 32.2. The third kappa shape index (κ3) is 5.78. The maximum Gasteiger partial charge on any atom is 0.254 e. The molecule has 0 aliphatic rings. The number of hydrogen-bond donors (Lipinski definition) is 1. The first-order chi connectivity index (χ1) is 8.38. The highest BCUT2D eigenvalue weighted by Gasteiger charge is 2.09. The van der Waals surface area contributed by atoms with Crippen molar-refractivity contribution in [3.63, 3.8) is 0 Å². The number of nitrogens with zero attached hydrogens (tertiary/aromatic N) is 2. The van der Waals surface area contributed by atoms with E-state index in [4.69, 9.17) is 5.26 Å². The van der Waals surface area contributed by atoms with Crippen LogP contribution in [-0.2, 0) is 13.0 Å². The molecule has 0 aromatic carbocycles. The SMILES string of the molecule is CCCSCCC[n+]1cc[nH]c1CCCC#N. The van der Waals surface area contributed by atoms with E-state index in [1.165, 1.54) is 30.2 Å². The highest BCUT2D eigenvalue weighted by molar-refractivity contribution is 7.99. The molecule has 0 saturated carbocycles. The van der Waals surface area contributed by atoms with Crippen molar-refractivity contribution in [3.05, 3.63) is 18.2 Å². The van der Waals surface area contributed by atoms with Crippen molar-refractivity contribution in [1.29, 1.82) is 5.26 Å². The smallest absolute Gasteiger partial charge is 0.248 e. The van der Waals surface area contributed by atoms with Crippen molar-refractivity contribution in [2.75, 3.05) is 11.5 Å². The second kappa shape index (κ2) is 9.12. The summed E-state index contributed by atoms with van der Waals surface area (Å²) in [5.74, 6) is 3.76. The van der Waals surface area contributed by atoms with Gasteiger partial charge in [-0.1, -0.05) is 6.92 Å². The number of nitriles is 1. The fourth-order valence-corrected chi connectivity index (χ4v) is 2.57. The van der Waals surface area contributed by atoms with Crippen molar-refractivity contribution in [2.45, 2.75) is 45.6 Å². The number of H-pyrrole nitrogens is 1. The van der Waals surface area contributed by atoms with Crippen LogP contribution in [0.1, 0.15) is 38.4 Å². The summed E-state index contributed by atoms with van der Waals surface area (Å²) >= 11 is 2.04. The Kier molecular flexibility index (Phi) is 7.57. The van der Waals surface area contributed by atoms with Gasteiger partial charge >= 0.3 is 0 Å². The van der Waals surface area contributed by atoms with Crippen LogP contribution in [0.2, 0.25) is 0 Å². The van der Waals surface area contributed by atoms with Crippen molar-refractivity contribution < 1.29 is 4.57 Å². The number of rotatable bonds is 9. The summed E-state index contributed by atoms with van der Waals surface area (Å²) in [6.07, 6.45) is 9.14. The maximum absolute atomic E-state index is 8.52. The molecular formula is C13H22N3S+. The lowest BCUT2D eigenvalue weighted by Crippen LogP contribution is -2.36. The molecule has 1 aromatic heterocycles. The van der Waals surface area contributed by atoms with Crippen LogP contribution in [0.15, 0.2) is 12.4 Å². The molecular weight excluding hydrogens is 230 g/mol.